The van der Waals surface area contributed by atoms with Crippen molar-refractivity contribution >= 4 is 22.9 Å². The van der Waals surface area contributed by atoms with Gasteiger partial charge in [0.1, 0.15) is 12.1 Å². The van der Waals surface area contributed by atoms with Crippen LogP contribution in [0.4, 0.5) is 5.95 Å². The molecule has 2 aromatic heterocycles. The fraction of sp³-hybridized carbons (Fsp3) is 0.111. The lowest BCUT2D eigenvalue weighted by Crippen LogP contribution is -2.23. The highest BCUT2D eigenvalue weighted by atomic mass is 16.1. The first kappa shape index (κ1) is 21.3. The minimum absolute atomic E-state index is 0.100. The Balaban J connectivity index is 1.30. The summed E-state index contributed by atoms with van der Waals surface area (Å²) in [6.07, 6.45) is 3.48. The molecule has 7 nitrogen and oxygen atoms in total. The second-order valence-corrected chi connectivity index (χ2v) is 8.00. The molecule has 0 aliphatic rings. The van der Waals surface area contributed by atoms with Crippen LogP contribution >= 0.6 is 0 Å². The Bertz CT molecular complexity index is 1430. The lowest BCUT2D eigenvalue weighted by molar-refractivity contribution is 0.0951. The van der Waals surface area contributed by atoms with E-state index in [1.54, 1.807) is 12.5 Å². The normalized spacial score (nSPS) is 11.8. The Morgan fingerprint density at radius 1 is 0.941 bits per heavy atom. The van der Waals surface area contributed by atoms with E-state index in [1.807, 2.05) is 96.4 Å². The van der Waals surface area contributed by atoms with Crippen LogP contribution in [0.25, 0.3) is 16.9 Å². The molecule has 3 aromatic carbocycles. The van der Waals surface area contributed by atoms with Gasteiger partial charge < -0.3 is 10.6 Å². The van der Waals surface area contributed by atoms with Gasteiger partial charge in [0.15, 0.2) is 0 Å². The molecule has 168 valence electrons. The predicted octanol–water partition coefficient (Wildman–Crippen LogP) is 4.92. The lowest BCUT2D eigenvalue weighted by atomic mass is 10.0. The number of imidazole rings is 1. The van der Waals surface area contributed by atoms with Crippen LogP contribution in [-0.4, -0.2) is 25.4 Å². The van der Waals surface area contributed by atoms with Gasteiger partial charge in [0.25, 0.3) is 5.91 Å². The number of benzene rings is 3. The molecule has 34 heavy (non-hydrogen) atoms. The predicted molar refractivity (Wildman–Crippen MR) is 133 cm³/mol. The number of hydrogen-bond donors (Lipinski definition) is 2. The number of amides is 1. The van der Waals surface area contributed by atoms with Gasteiger partial charge in [-0.15, -0.1) is 0 Å². The number of hydrogen-bond acceptors (Lipinski definition) is 5. The summed E-state index contributed by atoms with van der Waals surface area (Å²) in [5.41, 5.74) is 4.53. The number of anilines is 1. The number of nitrogens with zero attached hydrogens (tertiary/aromatic N) is 4. The van der Waals surface area contributed by atoms with Crippen LogP contribution in [0.3, 0.4) is 0 Å². The van der Waals surface area contributed by atoms with Crippen molar-refractivity contribution in [1.82, 2.24) is 24.8 Å². The summed E-state index contributed by atoms with van der Waals surface area (Å²) in [4.78, 5) is 26.2. The van der Waals surface area contributed by atoms with Gasteiger partial charge in [-0.2, -0.15) is 4.98 Å². The number of rotatable bonds is 7. The molecule has 1 atom stereocenters. The largest absolute Gasteiger partial charge is 0.348 e. The molecule has 0 spiro atoms. The average molecular weight is 449 g/mol. The molecular weight excluding hydrogens is 424 g/mol. The zero-order chi connectivity index (χ0) is 23.3. The quantitative estimate of drug-likeness (QED) is 0.369. The first-order valence-corrected chi connectivity index (χ1v) is 11.1. The Hall–Kier alpha value is -4.52. The summed E-state index contributed by atoms with van der Waals surface area (Å²) in [6, 6.07) is 27.1. The number of para-hydroxylation sites is 2. The summed E-state index contributed by atoms with van der Waals surface area (Å²) in [7, 11) is 0. The van der Waals surface area contributed by atoms with E-state index >= 15 is 0 Å². The number of carbonyl (C=O) groups excluding carboxylic acids is 1. The number of nitrogens with one attached hydrogen (secondary N) is 2. The fourth-order valence-corrected chi connectivity index (χ4v) is 3.80. The standard InChI is InChI=1S/C27H24N6O/c1-19(21-10-7-11-22(16-21)26(34)29-17-20-8-3-2-4-9-20)31-27-28-15-14-25(32-27)33-18-30-23-12-5-6-13-24(23)33/h2-16,18-19H,17H2,1H3,(H,29,34)(H,28,31,32)/t19-/m0/s1. The van der Waals surface area contributed by atoms with Crippen LogP contribution in [-0.2, 0) is 6.54 Å². The summed E-state index contributed by atoms with van der Waals surface area (Å²) < 4.78 is 1.94. The lowest BCUT2D eigenvalue weighted by Gasteiger charge is -2.16. The van der Waals surface area contributed by atoms with Gasteiger partial charge in [-0.25, -0.2) is 9.97 Å². The number of aromatic nitrogens is 4. The number of carbonyl (C=O) groups is 1. The third-order valence-electron chi connectivity index (χ3n) is 5.63. The molecule has 0 saturated heterocycles. The molecule has 0 radical (unpaired) electrons. The summed E-state index contributed by atoms with van der Waals surface area (Å²) >= 11 is 0. The van der Waals surface area contributed by atoms with Crippen LogP contribution in [0.1, 0.15) is 34.5 Å². The van der Waals surface area contributed by atoms with Crippen LogP contribution < -0.4 is 10.6 Å². The first-order chi connectivity index (χ1) is 16.7. The van der Waals surface area contributed by atoms with Crippen molar-refractivity contribution in [2.75, 3.05) is 5.32 Å². The van der Waals surface area contributed by atoms with Gasteiger partial charge in [-0.05, 0) is 48.4 Å². The number of fused-ring (bicyclic) bond motifs is 1. The first-order valence-electron chi connectivity index (χ1n) is 11.1. The van der Waals surface area contributed by atoms with Gasteiger partial charge >= 0.3 is 0 Å². The van der Waals surface area contributed by atoms with E-state index in [2.05, 4.69) is 25.6 Å². The van der Waals surface area contributed by atoms with E-state index in [0.717, 1.165) is 28.0 Å². The molecule has 0 unspecified atom stereocenters. The molecule has 0 fully saturated rings. The summed E-state index contributed by atoms with van der Waals surface area (Å²) in [5.74, 6) is 1.12. The minimum Gasteiger partial charge on any atom is -0.348 e. The highest BCUT2D eigenvalue weighted by Gasteiger charge is 2.12. The Labute approximate surface area is 197 Å². The van der Waals surface area contributed by atoms with E-state index < -0.39 is 0 Å². The maximum atomic E-state index is 12.7. The van der Waals surface area contributed by atoms with E-state index in [0.29, 0.717) is 18.1 Å². The van der Waals surface area contributed by atoms with Crippen LogP contribution in [0.2, 0.25) is 0 Å². The SMILES string of the molecule is C[C@H](Nc1nccc(-n2cnc3ccccc32)n1)c1cccc(C(=O)NCc2ccccc2)c1. The van der Waals surface area contributed by atoms with Crippen LogP contribution in [0, 0.1) is 0 Å². The maximum Gasteiger partial charge on any atom is 0.251 e. The highest BCUT2D eigenvalue weighted by Crippen LogP contribution is 2.20. The van der Waals surface area contributed by atoms with Crippen molar-refractivity contribution in [3.63, 3.8) is 0 Å². The average Bonchev–Trinajstić information content (AvgIpc) is 3.32. The maximum absolute atomic E-state index is 12.7. The zero-order valence-corrected chi connectivity index (χ0v) is 18.7. The van der Waals surface area contributed by atoms with E-state index in [-0.39, 0.29) is 11.9 Å². The van der Waals surface area contributed by atoms with Crippen molar-refractivity contribution < 1.29 is 4.79 Å². The Morgan fingerprint density at radius 2 is 1.76 bits per heavy atom. The molecule has 1 amide bonds. The van der Waals surface area contributed by atoms with Crippen LogP contribution in [0.5, 0.6) is 0 Å². The molecule has 5 aromatic rings. The van der Waals surface area contributed by atoms with Gasteiger partial charge in [0.2, 0.25) is 5.95 Å². The van der Waals surface area contributed by atoms with E-state index in [9.17, 15) is 4.79 Å². The third-order valence-corrected chi connectivity index (χ3v) is 5.63. The second kappa shape index (κ2) is 9.54. The topological polar surface area (TPSA) is 84.7 Å². The molecule has 2 heterocycles. The van der Waals surface area contributed by atoms with E-state index in [4.69, 9.17) is 0 Å². The molecule has 2 N–H and O–H groups in total. The molecule has 5 rings (SSSR count). The monoisotopic (exact) mass is 448 g/mol. The van der Waals surface area contributed by atoms with Gasteiger partial charge in [0.05, 0.1) is 17.1 Å². The third kappa shape index (κ3) is 4.63. The van der Waals surface area contributed by atoms with Crippen LogP contribution in [0.15, 0.2) is 97.5 Å². The van der Waals surface area contributed by atoms with Crippen molar-refractivity contribution in [3.8, 4) is 5.82 Å². The summed E-state index contributed by atoms with van der Waals surface area (Å²) in [6.45, 7) is 2.50. The van der Waals surface area contributed by atoms with E-state index in [1.165, 1.54) is 0 Å². The second-order valence-electron chi connectivity index (χ2n) is 8.00. The Morgan fingerprint density at radius 3 is 2.65 bits per heavy atom. The Kier molecular flexibility index (Phi) is 5.99. The molecule has 0 saturated carbocycles. The molecular formula is C27H24N6O. The van der Waals surface area contributed by atoms with Crippen molar-refractivity contribution in [2.24, 2.45) is 0 Å². The summed E-state index contributed by atoms with van der Waals surface area (Å²) in [5, 5.41) is 6.32. The zero-order valence-electron chi connectivity index (χ0n) is 18.7. The van der Waals surface area contributed by atoms with Gasteiger partial charge in [-0.1, -0.05) is 54.6 Å². The molecule has 0 aliphatic carbocycles. The fourth-order valence-electron chi connectivity index (χ4n) is 3.80. The van der Waals surface area contributed by atoms with Gasteiger partial charge in [0, 0.05) is 18.3 Å². The molecule has 0 aliphatic heterocycles. The molecule has 7 heteroatoms. The highest BCUT2D eigenvalue weighted by molar-refractivity contribution is 5.94. The molecule has 0 bridgehead atoms. The van der Waals surface area contributed by atoms with Crippen molar-refractivity contribution in [2.45, 2.75) is 19.5 Å². The van der Waals surface area contributed by atoms with Gasteiger partial charge in [-0.3, -0.25) is 9.36 Å². The smallest absolute Gasteiger partial charge is 0.251 e. The minimum atomic E-state index is -0.108. The van der Waals surface area contributed by atoms with Crippen molar-refractivity contribution in [1.29, 1.82) is 0 Å². The van der Waals surface area contributed by atoms with Crippen molar-refractivity contribution in [3.05, 3.63) is 114 Å².